The third-order valence-electron chi connectivity index (χ3n) is 5.66. The first kappa shape index (κ1) is 21.7. The highest BCUT2D eigenvalue weighted by Crippen LogP contribution is 2.31. The molecule has 0 bridgehead atoms. The molecule has 0 aliphatic carbocycles. The Morgan fingerprint density at radius 2 is 1.88 bits per heavy atom. The first-order chi connectivity index (χ1) is 16.7. The SMILES string of the molecule is O=C(COCc1ccccc1)Nc1cccc(-c2cc3c(o2)CCN(C(=O)c2ccco2)C3)c1. The molecule has 5 rings (SSSR count). The minimum atomic E-state index is -0.223. The van der Waals surface area contributed by atoms with Gasteiger partial charge in [0.05, 0.1) is 12.9 Å². The number of amides is 2. The van der Waals surface area contributed by atoms with Crippen LogP contribution in [0.4, 0.5) is 5.69 Å². The van der Waals surface area contributed by atoms with Gasteiger partial charge in [-0.15, -0.1) is 0 Å². The van der Waals surface area contributed by atoms with Gasteiger partial charge in [0.25, 0.3) is 5.91 Å². The predicted molar refractivity (Wildman–Crippen MR) is 126 cm³/mol. The van der Waals surface area contributed by atoms with Gasteiger partial charge in [-0.2, -0.15) is 0 Å². The summed E-state index contributed by atoms with van der Waals surface area (Å²) in [7, 11) is 0. The number of anilines is 1. The van der Waals surface area contributed by atoms with Crippen molar-refractivity contribution in [2.75, 3.05) is 18.5 Å². The highest BCUT2D eigenvalue weighted by molar-refractivity contribution is 5.92. The lowest BCUT2D eigenvalue weighted by Gasteiger charge is -2.25. The van der Waals surface area contributed by atoms with Gasteiger partial charge in [0.2, 0.25) is 5.91 Å². The zero-order valence-corrected chi connectivity index (χ0v) is 18.5. The summed E-state index contributed by atoms with van der Waals surface area (Å²) < 4.78 is 16.8. The molecule has 7 nitrogen and oxygen atoms in total. The molecule has 7 heteroatoms. The van der Waals surface area contributed by atoms with Gasteiger partial charge in [-0.3, -0.25) is 9.59 Å². The molecular formula is C27H24N2O5. The van der Waals surface area contributed by atoms with Crippen molar-refractivity contribution >= 4 is 17.5 Å². The fourth-order valence-electron chi connectivity index (χ4n) is 3.99. The van der Waals surface area contributed by atoms with Crippen molar-refractivity contribution in [2.24, 2.45) is 0 Å². The molecule has 34 heavy (non-hydrogen) atoms. The normalized spacial score (nSPS) is 12.9. The number of nitrogens with one attached hydrogen (secondary N) is 1. The van der Waals surface area contributed by atoms with Crippen molar-refractivity contribution in [3.63, 3.8) is 0 Å². The van der Waals surface area contributed by atoms with Crippen LogP contribution in [-0.4, -0.2) is 29.9 Å². The summed E-state index contributed by atoms with van der Waals surface area (Å²) in [4.78, 5) is 26.7. The minimum Gasteiger partial charge on any atom is -0.461 e. The molecule has 0 spiro atoms. The number of ether oxygens (including phenoxy) is 1. The van der Waals surface area contributed by atoms with Crippen LogP contribution in [-0.2, 0) is 29.1 Å². The number of hydrogen-bond donors (Lipinski definition) is 1. The van der Waals surface area contributed by atoms with Crippen LogP contribution in [0.25, 0.3) is 11.3 Å². The topological polar surface area (TPSA) is 84.9 Å². The lowest BCUT2D eigenvalue weighted by atomic mass is 10.1. The Labute approximate surface area is 196 Å². The molecule has 2 aromatic heterocycles. The second-order valence-corrected chi connectivity index (χ2v) is 8.12. The summed E-state index contributed by atoms with van der Waals surface area (Å²) in [5.41, 5.74) is 3.50. The Bertz CT molecular complexity index is 1280. The van der Waals surface area contributed by atoms with Crippen molar-refractivity contribution in [3.8, 4) is 11.3 Å². The van der Waals surface area contributed by atoms with Crippen LogP contribution in [0, 0.1) is 0 Å². The Hall–Kier alpha value is -4.10. The Kier molecular flexibility index (Phi) is 6.27. The van der Waals surface area contributed by atoms with E-state index in [1.165, 1.54) is 6.26 Å². The molecule has 4 aromatic rings. The fourth-order valence-corrected chi connectivity index (χ4v) is 3.99. The Morgan fingerprint density at radius 1 is 1.00 bits per heavy atom. The van der Waals surface area contributed by atoms with Gasteiger partial charge >= 0.3 is 0 Å². The number of fused-ring (bicyclic) bond motifs is 1. The van der Waals surface area contributed by atoms with Gasteiger partial charge in [-0.25, -0.2) is 0 Å². The smallest absolute Gasteiger partial charge is 0.289 e. The van der Waals surface area contributed by atoms with Crippen LogP contribution in [0.15, 0.2) is 87.9 Å². The van der Waals surface area contributed by atoms with E-state index in [2.05, 4.69) is 5.32 Å². The van der Waals surface area contributed by atoms with E-state index in [0.29, 0.717) is 43.3 Å². The van der Waals surface area contributed by atoms with Gasteiger partial charge in [-0.1, -0.05) is 42.5 Å². The molecule has 0 radical (unpaired) electrons. The van der Waals surface area contributed by atoms with E-state index in [1.807, 2.05) is 60.7 Å². The predicted octanol–water partition coefficient (Wildman–Crippen LogP) is 4.89. The maximum atomic E-state index is 12.6. The molecule has 2 amide bonds. The van der Waals surface area contributed by atoms with Gasteiger partial charge in [-0.05, 0) is 35.9 Å². The van der Waals surface area contributed by atoms with Gasteiger partial charge < -0.3 is 23.8 Å². The Balaban J connectivity index is 1.21. The number of furan rings is 2. The van der Waals surface area contributed by atoms with Crippen LogP contribution in [0.1, 0.15) is 27.4 Å². The maximum absolute atomic E-state index is 12.6. The summed E-state index contributed by atoms with van der Waals surface area (Å²) in [6, 6.07) is 22.5. The molecular weight excluding hydrogens is 432 g/mol. The largest absolute Gasteiger partial charge is 0.461 e. The third-order valence-corrected chi connectivity index (χ3v) is 5.66. The second kappa shape index (κ2) is 9.80. The van der Waals surface area contributed by atoms with Gasteiger partial charge in [0, 0.05) is 36.3 Å². The molecule has 0 fully saturated rings. The molecule has 3 heterocycles. The number of carbonyl (C=O) groups excluding carboxylic acids is 2. The van der Waals surface area contributed by atoms with E-state index < -0.39 is 0 Å². The third kappa shape index (κ3) is 4.94. The van der Waals surface area contributed by atoms with Crippen LogP contribution in [0.5, 0.6) is 0 Å². The van der Waals surface area contributed by atoms with Crippen LogP contribution in [0.2, 0.25) is 0 Å². The molecule has 1 aliphatic rings. The maximum Gasteiger partial charge on any atom is 0.289 e. The van der Waals surface area contributed by atoms with Crippen molar-refractivity contribution in [1.82, 2.24) is 4.90 Å². The molecule has 1 N–H and O–H groups in total. The number of nitrogens with zero attached hydrogens (tertiary/aromatic N) is 1. The number of rotatable bonds is 7. The first-order valence-electron chi connectivity index (χ1n) is 11.1. The van der Waals surface area contributed by atoms with E-state index in [1.54, 1.807) is 17.0 Å². The Morgan fingerprint density at radius 3 is 2.71 bits per heavy atom. The molecule has 172 valence electrons. The summed E-state index contributed by atoms with van der Waals surface area (Å²) in [6.07, 6.45) is 2.14. The quantitative estimate of drug-likeness (QED) is 0.428. The van der Waals surface area contributed by atoms with Crippen molar-refractivity contribution in [1.29, 1.82) is 0 Å². The molecule has 0 atom stereocenters. The monoisotopic (exact) mass is 456 g/mol. The zero-order valence-electron chi connectivity index (χ0n) is 18.5. The highest BCUT2D eigenvalue weighted by atomic mass is 16.5. The van der Waals surface area contributed by atoms with Crippen LogP contribution >= 0.6 is 0 Å². The highest BCUT2D eigenvalue weighted by Gasteiger charge is 2.26. The van der Waals surface area contributed by atoms with Crippen LogP contribution in [0.3, 0.4) is 0 Å². The number of benzene rings is 2. The minimum absolute atomic E-state index is 0.0340. The summed E-state index contributed by atoms with van der Waals surface area (Å²) in [5.74, 6) is 1.57. The van der Waals surface area contributed by atoms with Crippen molar-refractivity contribution in [2.45, 2.75) is 19.6 Å². The summed E-state index contributed by atoms with van der Waals surface area (Å²) in [6.45, 7) is 1.38. The average Bonchev–Trinajstić information content (AvgIpc) is 3.54. The molecule has 0 saturated heterocycles. The molecule has 1 aliphatic heterocycles. The summed E-state index contributed by atoms with van der Waals surface area (Å²) in [5, 5.41) is 2.87. The second-order valence-electron chi connectivity index (χ2n) is 8.12. The van der Waals surface area contributed by atoms with Gasteiger partial charge in [0.15, 0.2) is 5.76 Å². The average molecular weight is 456 g/mol. The van der Waals surface area contributed by atoms with Crippen molar-refractivity contribution in [3.05, 3.63) is 102 Å². The fraction of sp³-hybridized carbons (Fsp3) is 0.185. The lowest BCUT2D eigenvalue weighted by molar-refractivity contribution is -0.121. The van der Waals surface area contributed by atoms with E-state index in [-0.39, 0.29) is 18.4 Å². The lowest BCUT2D eigenvalue weighted by Crippen LogP contribution is -2.35. The standard InChI is InChI=1S/C27H24N2O5/c30-26(18-32-17-19-6-2-1-3-7-19)28-22-9-4-8-20(14-22)25-15-21-16-29(12-11-23(21)34-25)27(31)24-10-5-13-33-24/h1-10,13-15H,11-12,16-18H2,(H,28,30). The molecule has 0 unspecified atom stereocenters. The molecule has 0 saturated carbocycles. The molecule has 2 aromatic carbocycles. The van der Waals surface area contributed by atoms with E-state index in [0.717, 1.165) is 22.5 Å². The van der Waals surface area contributed by atoms with E-state index >= 15 is 0 Å². The summed E-state index contributed by atoms with van der Waals surface area (Å²) >= 11 is 0. The first-order valence-corrected chi connectivity index (χ1v) is 11.1. The van der Waals surface area contributed by atoms with E-state index in [9.17, 15) is 9.59 Å². The van der Waals surface area contributed by atoms with Gasteiger partial charge in [0.1, 0.15) is 18.1 Å². The van der Waals surface area contributed by atoms with Crippen molar-refractivity contribution < 1.29 is 23.2 Å². The number of carbonyl (C=O) groups is 2. The zero-order chi connectivity index (χ0) is 23.3. The van der Waals surface area contributed by atoms with E-state index in [4.69, 9.17) is 13.6 Å². The van der Waals surface area contributed by atoms with Crippen LogP contribution < -0.4 is 5.32 Å². The number of hydrogen-bond acceptors (Lipinski definition) is 5.